The first-order valence-corrected chi connectivity index (χ1v) is 21.2. The molecular formula is C44H42ClFIN2O5-. The van der Waals surface area contributed by atoms with Crippen molar-refractivity contribution in [3.8, 4) is 28.0 Å². The van der Waals surface area contributed by atoms with E-state index in [1.54, 1.807) is 38.1 Å². The summed E-state index contributed by atoms with van der Waals surface area (Å²) < 4.78 is 23.2. The molecule has 0 amide bonds. The van der Waals surface area contributed by atoms with Gasteiger partial charge in [-0.3, -0.25) is 4.79 Å². The van der Waals surface area contributed by atoms with Crippen LogP contribution in [-0.2, 0) is 32.0 Å². The Morgan fingerprint density at radius 3 is 2.37 bits per heavy atom. The van der Waals surface area contributed by atoms with Gasteiger partial charge >= 0.3 is 279 Å². The molecule has 1 saturated heterocycles. The van der Waals surface area contributed by atoms with E-state index in [9.17, 15) is 19.2 Å². The molecule has 1 aliphatic heterocycles. The van der Waals surface area contributed by atoms with Crippen LogP contribution in [0.5, 0.6) is 5.75 Å². The van der Waals surface area contributed by atoms with Gasteiger partial charge in [0.2, 0.25) is 0 Å². The van der Waals surface area contributed by atoms with Crippen LogP contribution in [0.1, 0.15) is 66.6 Å². The quantitative estimate of drug-likeness (QED) is 0.0998. The zero-order valence-corrected chi connectivity index (χ0v) is 33.4. The van der Waals surface area contributed by atoms with Gasteiger partial charge in [0, 0.05) is 6.42 Å². The van der Waals surface area contributed by atoms with Gasteiger partial charge in [-0.05, 0) is 24.8 Å². The fourth-order valence-corrected chi connectivity index (χ4v) is 9.39. The fraction of sp³-hybridized carbons (Fsp3) is 0.318. The van der Waals surface area contributed by atoms with E-state index in [4.69, 9.17) is 27.2 Å². The summed E-state index contributed by atoms with van der Waals surface area (Å²) in [6.07, 6.45) is 8.59. The molecule has 0 radical (unpaired) electrons. The molecule has 0 saturated carbocycles. The van der Waals surface area contributed by atoms with E-state index in [2.05, 4.69) is 0 Å². The number of ketones is 4. The van der Waals surface area contributed by atoms with Crippen LogP contribution in [0.2, 0.25) is 5.02 Å². The molecule has 0 aromatic heterocycles. The molecule has 54 heavy (non-hydrogen) atoms. The van der Waals surface area contributed by atoms with Crippen molar-refractivity contribution in [1.82, 2.24) is 0 Å². The Morgan fingerprint density at radius 1 is 0.981 bits per heavy atom. The van der Waals surface area contributed by atoms with Crippen molar-refractivity contribution in [1.29, 1.82) is 10.8 Å². The van der Waals surface area contributed by atoms with E-state index < -0.39 is 17.4 Å². The van der Waals surface area contributed by atoms with E-state index in [1.165, 1.54) is 19.3 Å². The zero-order valence-electron chi connectivity index (χ0n) is 30.5. The van der Waals surface area contributed by atoms with Crippen LogP contribution in [0.3, 0.4) is 0 Å². The third kappa shape index (κ3) is 8.78. The van der Waals surface area contributed by atoms with E-state index in [0.717, 1.165) is 21.1 Å². The van der Waals surface area contributed by atoms with Crippen molar-refractivity contribution >= 4 is 46.2 Å². The molecular weight excluding hydrogens is 818 g/mol. The molecule has 0 bridgehead atoms. The van der Waals surface area contributed by atoms with Gasteiger partial charge in [-0.1, -0.05) is 6.08 Å². The predicted molar refractivity (Wildman–Crippen MR) is 206 cm³/mol. The van der Waals surface area contributed by atoms with Crippen LogP contribution in [0, 0.1) is 28.5 Å². The Bertz CT molecular complexity index is 2180. The Kier molecular flexibility index (Phi) is 12.4. The van der Waals surface area contributed by atoms with Crippen molar-refractivity contribution < 1.29 is 49.5 Å². The number of hydrogen-bond acceptors (Lipinski definition) is 7. The summed E-state index contributed by atoms with van der Waals surface area (Å²) >= 11 is 7.03. The first-order chi connectivity index (χ1) is 25.9. The molecule has 1 fully saturated rings. The number of Topliss-reactive ketones (excluding diaryl/α,β-unsaturated/α-hetero) is 2. The molecule has 3 aromatic carbocycles. The van der Waals surface area contributed by atoms with Crippen molar-refractivity contribution in [2.75, 3.05) is 11.5 Å². The molecule has 280 valence electrons. The predicted octanol–water partition coefficient (Wildman–Crippen LogP) is 6.03. The minimum atomic E-state index is -0.641. The summed E-state index contributed by atoms with van der Waals surface area (Å²) in [7, 11) is 1.41. The summed E-state index contributed by atoms with van der Waals surface area (Å²) in [6.45, 7) is 3.48. The number of carbonyl (C=O) groups excluding carboxylic acids is 4. The van der Waals surface area contributed by atoms with Gasteiger partial charge < -0.3 is 5.41 Å². The van der Waals surface area contributed by atoms with E-state index >= 15 is 4.39 Å². The number of rotatable bonds is 12. The van der Waals surface area contributed by atoms with E-state index in [-0.39, 0.29) is 92.9 Å². The molecule has 0 spiro atoms. The third-order valence-corrected chi connectivity index (χ3v) is 13.0. The first kappa shape index (κ1) is 39.3. The molecule has 10 heteroatoms. The standard InChI is InChI=1S/C44H42ClFIN2O5/c1-24-18-38(51)25(2)10-16-35(39(52)19-24)43(53)37(49)22-27-6-4-7-31(40(27)36-23-47-36)32-8-5-9-33(41(32)45)34-17-13-28(44(54-3)42(34)46)21-29(48)20-26-11-14-30(50)15-12-26/h4-9,11,13-14,16-17,19,25-26,36,48-49H,10,12,15,18,20-23H2,1-3H3/q-1/b24-19+,35-16+,48-29?,49-37?/t25?,26-,36?/m0/s1. The fourth-order valence-electron chi connectivity index (χ4n) is 7.19. The van der Waals surface area contributed by atoms with Crippen molar-refractivity contribution in [2.45, 2.75) is 62.7 Å². The molecule has 2 N–H and O–H groups in total. The van der Waals surface area contributed by atoms with Crippen LogP contribution in [0.25, 0.3) is 22.3 Å². The van der Waals surface area contributed by atoms with Crippen LogP contribution in [0.4, 0.5) is 4.39 Å². The molecule has 6 rings (SSSR count). The van der Waals surface area contributed by atoms with Crippen LogP contribution >= 0.6 is 11.6 Å². The molecule has 2 unspecified atom stereocenters. The number of alkyl halides is 2. The maximum atomic E-state index is 16.3. The van der Waals surface area contributed by atoms with Gasteiger partial charge in [-0.25, -0.2) is 0 Å². The topological polar surface area (TPSA) is 125 Å². The van der Waals surface area contributed by atoms with Gasteiger partial charge in [0.1, 0.15) is 0 Å². The van der Waals surface area contributed by atoms with Crippen molar-refractivity contribution in [3.05, 3.63) is 112 Å². The summed E-state index contributed by atoms with van der Waals surface area (Å²) in [5.74, 6) is -1.77. The average Bonchev–Trinajstić information content (AvgIpc) is 3.98. The van der Waals surface area contributed by atoms with Crippen LogP contribution in [0.15, 0.2) is 84.0 Å². The number of ether oxygens (including phenoxy) is 1. The monoisotopic (exact) mass is 859 g/mol. The van der Waals surface area contributed by atoms with Gasteiger partial charge in [0.25, 0.3) is 0 Å². The summed E-state index contributed by atoms with van der Waals surface area (Å²) in [5.41, 5.74) is 5.44. The van der Waals surface area contributed by atoms with E-state index in [1.807, 2.05) is 36.4 Å². The number of benzene rings is 3. The first-order valence-electron chi connectivity index (χ1n) is 18.0. The van der Waals surface area contributed by atoms with Gasteiger partial charge in [0.15, 0.2) is 5.78 Å². The molecule has 3 atom stereocenters. The zero-order chi connectivity index (χ0) is 38.7. The average molecular weight is 860 g/mol. The molecule has 7 nitrogen and oxygen atoms in total. The Labute approximate surface area is 330 Å². The summed E-state index contributed by atoms with van der Waals surface area (Å²) in [6, 6.07) is 14.7. The van der Waals surface area contributed by atoms with Crippen LogP contribution in [-0.4, -0.2) is 46.1 Å². The van der Waals surface area contributed by atoms with E-state index in [0.29, 0.717) is 56.2 Å². The number of hydrogen-bond donors (Lipinski definition) is 2. The SMILES string of the molecule is COc1c(CC(=N)C[C@H]2C=CC(=O)CC2)ccc(-c2cccc(-c3cccc(CC(=N)C(=O)/C4=C/CC(C)C(=O)C/C(C)=C/C4=O)c3C3C[I-]3)c2Cl)c1F. The van der Waals surface area contributed by atoms with Gasteiger partial charge in [-0.15, -0.1) is 0 Å². The third-order valence-electron chi connectivity index (χ3n) is 10.2. The molecule has 1 heterocycles. The molecule has 3 aliphatic rings. The number of methoxy groups -OCH3 is 1. The summed E-state index contributed by atoms with van der Waals surface area (Å²) in [5, 5.41) is 17.8. The van der Waals surface area contributed by atoms with Gasteiger partial charge in [-0.2, -0.15) is 0 Å². The summed E-state index contributed by atoms with van der Waals surface area (Å²) in [4.78, 5) is 50.8. The molecule has 2 aliphatic carbocycles. The number of carbonyl (C=O) groups is 4. The number of halogens is 3. The molecule has 3 aromatic rings. The Hall–Kier alpha value is -4.35. The second-order valence-electron chi connectivity index (χ2n) is 14.3. The number of allylic oxidation sites excluding steroid dienone is 6. The Morgan fingerprint density at radius 2 is 1.69 bits per heavy atom. The van der Waals surface area contributed by atoms with Crippen molar-refractivity contribution in [2.24, 2.45) is 11.8 Å². The van der Waals surface area contributed by atoms with Crippen molar-refractivity contribution in [3.63, 3.8) is 0 Å². The maximum absolute atomic E-state index is 16.3. The number of nitrogens with one attached hydrogen (secondary N) is 2. The van der Waals surface area contributed by atoms with Crippen LogP contribution < -0.4 is 25.9 Å². The minimum absolute atomic E-state index is 0.00746. The second kappa shape index (κ2) is 17.0. The Balaban J connectivity index is 1.28. The normalized spacial score (nSPS) is 22.1. The second-order valence-corrected chi connectivity index (χ2v) is 17.9. The van der Waals surface area contributed by atoms with Gasteiger partial charge in [0.05, 0.1) is 0 Å².